The van der Waals surface area contributed by atoms with E-state index in [2.05, 4.69) is 5.32 Å². The van der Waals surface area contributed by atoms with Gasteiger partial charge in [0.2, 0.25) is 10.0 Å². The first-order chi connectivity index (χ1) is 9.54. The fraction of sp³-hybridized carbons (Fsp3) is 0.538. The molecule has 1 unspecified atom stereocenters. The maximum Gasteiger partial charge on any atom is 0.214 e. The van der Waals surface area contributed by atoms with E-state index in [-0.39, 0.29) is 18.2 Å². The van der Waals surface area contributed by atoms with Crippen LogP contribution in [0.1, 0.15) is 18.0 Å². The lowest BCUT2D eigenvalue weighted by Crippen LogP contribution is -2.49. The Hall–Kier alpha value is -0.690. The number of hydrogen-bond donors (Lipinski definition) is 1. The van der Waals surface area contributed by atoms with Crippen molar-refractivity contribution < 1.29 is 12.8 Å². The second-order valence-corrected chi connectivity index (χ2v) is 7.22. The number of hydrogen-bond acceptors (Lipinski definition) is 3. The average molecular weight is 321 g/mol. The van der Waals surface area contributed by atoms with E-state index in [0.717, 1.165) is 5.56 Å². The van der Waals surface area contributed by atoms with Gasteiger partial charge in [-0.15, -0.1) is 0 Å². The summed E-state index contributed by atoms with van der Waals surface area (Å²) in [4.78, 5) is 0. The van der Waals surface area contributed by atoms with E-state index in [1.165, 1.54) is 4.31 Å². The van der Waals surface area contributed by atoms with Crippen LogP contribution in [0.2, 0.25) is 5.02 Å². The van der Waals surface area contributed by atoms with E-state index < -0.39 is 16.7 Å². The number of piperazine rings is 1. The van der Waals surface area contributed by atoms with Crippen LogP contribution in [0.15, 0.2) is 24.3 Å². The van der Waals surface area contributed by atoms with E-state index >= 15 is 0 Å². The van der Waals surface area contributed by atoms with Crippen molar-refractivity contribution in [1.82, 2.24) is 9.62 Å². The molecule has 1 saturated heterocycles. The van der Waals surface area contributed by atoms with Gasteiger partial charge in [-0.1, -0.05) is 23.7 Å². The van der Waals surface area contributed by atoms with Crippen molar-refractivity contribution in [3.63, 3.8) is 0 Å². The van der Waals surface area contributed by atoms with Crippen LogP contribution in [-0.4, -0.2) is 44.8 Å². The van der Waals surface area contributed by atoms with Crippen molar-refractivity contribution in [3.8, 4) is 0 Å². The third-order valence-corrected chi connectivity index (χ3v) is 5.51. The highest BCUT2D eigenvalue weighted by Crippen LogP contribution is 2.27. The second-order valence-electron chi connectivity index (χ2n) is 4.74. The molecule has 1 atom stereocenters. The minimum absolute atomic E-state index is 0.0362. The third kappa shape index (κ3) is 3.69. The molecule has 0 saturated carbocycles. The molecule has 1 heterocycles. The van der Waals surface area contributed by atoms with Gasteiger partial charge in [0.05, 0.1) is 18.5 Å². The Balaban J connectivity index is 2.25. The van der Waals surface area contributed by atoms with Crippen molar-refractivity contribution in [2.45, 2.75) is 12.5 Å². The molecule has 20 heavy (non-hydrogen) atoms. The smallest absolute Gasteiger partial charge is 0.214 e. The van der Waals surface area contributed by atoms with Crippen LogP contribution in [0.25, 0.3) is 0 Å². The van der Waals surface area contributed by atoms with Crippen LogP contribution in [0, 0.1) is 0 Å². The second kappa shape index (κ2) is 6.85. The highest BCUT2D eigenvalue weighted by molar-refractivity contribution is 7.89. The normalized spacial score (nSPS) is 21.0. The van der Waals surface area contributed by atoms with Gasteiger partial charge in [0.25, 0.3) is 0 Å². The van der Waals surface area contributed by atoms with Gasteiger partial charge in [0.1, 0.15) is 0 Å². The lowest BCUT2D eigenvalue weighted by molar-refractivity contribution is 0.271. The summed E-state index contributed by atoms with van der Waals surface area (Å²) in [6.45, 7) is 0.917. The summed E-state index contributed by atoms with van der Waals surface area (Å²) in [7, 11) is -3.45. The minimum atomic E-state index is -3.45. The van der Waals surface area contributed by atoms with Gasteiger partial charge < -0.3 is 5.32 Å². The Labute approximate surface area is 124 Å². The van der Waals surface area contributed by atoms with Crippen molar-refractivity contribution in [1.29, 1.82) is 0 Å². The van der Waals surface area contributed by atoms with E-state index in [9.17, 15) is 12.8 Å². The molecule has 0 radical (unpaired) electrons. The molecule has 2 rings (SSSR count). The Kier molecular flexibility index (Phi) is 5.37. The summed E-state index contributed by atoms with van der Waals surface area (Å²) in [5, 5.41) is 3.77. The van der Waals surface area contributed by atoms with Crippen molar-refractivity contribution in [3.05, 3.63) is 34.9 Å². The van der Waals surface area contributed by atoms with Gasteiger partial charge >= 0.3 is 0 Å². The molecule has 4 nitrogen and oxygen atoms in total. The van der Waals surface area contributed by atoms with Crippen LogP contribution in [-0.2, 0) is 10.0 Å². The van der Waals surface area contributed by atoms with Gasteiger partial charge in [-0.2, -0.15) is 4.31 Å². The third-order valence-electron chi connectivity index (χ3n) is 3.32. The predicted molar refractivity (Wildman–Crippen MR) is 78.1 cm³/mol. The standard InChI is InChI=1S/C13H18ClFN2O2S/c14-12-4-1-3-11(9-12)13-10-16-6-7-17(13)20(18,19)8-2-5-15/h1,3-4,9,13,16H,2,5-8,10H2. The molecule has 0 bridgehead atoms. The summed E-state index contributed by atoms with van der Waals surface area (Å²) in [6.07, 6.45) is 0.0362. The van der Waals surface area contributed by atoms with Gasteiger partial charge in [-0.25, -0.2) is 8.42 Å². The summed E-state index contributed by atoms with van der Waals surface area (Å²) in [5.74, 6) is -0.152. The molecule has 1 aromatic carbocycles. The van der Waals surface area contributed by atoms with Crippen LogP contribution >= 0.6 is 11.6 Å². The Morgan fingerprint density at radius 2 is 2.25 bits per heavy atom. The monoisotopic (exact) mass is 320 g/mol. The fourth-order valence-electron chi connectivity index (χ4n) is 2.37. The zero-order chi connectivity index (χ0) is 14.6. The molecule has 112 valence electrons. The summed E-state index contributed by atoms with van der Waals surface area (Å²) < 4.78 is 38.3. The lowest BCUT2D eigenvalue weighted by atomic mass is 10.1. The number of benzene rings is 1. The van der Waals surface area contributed by atoms with Crippen LogP contribution in [0.4, 0.5) is 4.39 Å². The first-order valence-electron chi connectivity index (χ1n) is 6.56. The summed E-state index contributed by atoms with van der Waals surface area (Å²) in [6, 6.07) is 6.91. The summed E-state index contributed by atoms with van der Waals surface area (Å²) >= 11 is 5.97. The van der Waals surface area contributed by atoms with E-state index in [0.29, 0.717) is 24.7 Å². The quantitative estimate of drug-likeness (QED) is 0.902. The van der Waals surface area contributed by atoms with E-state index in [1.54, 1.807) is 18.2 Å². The first-order valence-corrected chi connectivity index (χ1v) is 8.55. The van der Waals surface area contributed by atoms with E-state index in [1.807, 2.05) is 6.07 Å². The largest absolute Gasteiger partial charge is 0.313 e. The molecule has 7 heteroatoms. The molecule has 1 aromatic rings. The van der Waals surface area contributed by atoms with Crippen LogP contribution < -0.4 is 5.32 Å². The molecule has 0 spiro atoms. The molecule has 1 N–H and O–H groups in total. The first kappa shape index (κ1) is 15.7. The number of nitrogens with one attached hydrogen (secondary N) is 1. The Morgan fingerprint density at radius 1 is 1.45 bits per heavy atom. The van der Waals surface area contributed by atoms with Crippen molar-refractivity contribution >= 4 is 21.6 Å². The Bertz CT molecular complexity index is 553. The fourth-order valence-corrected chi connectivity index (χ4v) is 4.23. The molecule has 1 fully saturated rings. The minimum Gasteiger partial charge on any atom is -0.313 e. The molecular formula is C13H18ClFN2O2S. The van der Waals surface area contributed by atoms with Gasteiger partial charge in [0, 0.05) is 24.7 Å². The van der Waals surface area contributed by atoms with E-state index in [4.69, 9.17) is 11.6 Å². The topological polar surface area (TPSA) is 49.4 Å². The molecule has 0 aromatic heterocycles. The molecular weight excluding hydrogens is 303 g/mol. The van der Waals surface area contributed by atoms with Crippen LogP contribution in [0.3, 0.4) is 0 Å². The number of rotatable bonds is 5. The molecule has 0 aliphatic carbocycles. The van der Waals surface area contributed by atoms with Crippen molar-refractivity contribution in [2.24, 2.45) is 0 Å². The van der Waals surface area contributed by atoms with Gasteiger partial charge in [-0.3, -0.25) is 4.39 Å². The van der Waals surface area contributed by atoms with Crippen LogP contribution in [0.5, 0.6) is 0 Å². The SMILES string of the molecule is O=S(=O)(CCCF)N1CCNCC1c1cccc(Cl)c1. The predicted octanol–water partition coefficient (Wildman–Crippen LogP) is 1.98. The zero-order valence-corrected chi connectivity index (χ0v) is 12.6. The molecule has 1 aliphatic heterocycles. The summed E-state index contributed by atoms with van der Waals surface area (Å²) in [5.41, 5.74) is 0.855. The number of halogens is 2. The Morgan fingerprint density at radius 3 is 2.95 bits per heavy atom. The van der Waals surface area contributed by atoms with Gasteiger partial charge in [0.15, 0.2) is 0 Å². The van der Waals surface area contributed by atoms with Gasteiger partial charge in [-0.05, 0) is 24.1 Å². The highest BCUT2D eigenvalue weighted by Gasteiger charge is 2.32. The van der Waals surface area contributed by atoms with Crippen molar-refractivity contribution in [2.75, 3.05) is 32.1 Å². The average Bonchev–Trinajstić information content (AvgIpc) is 2.45. The maximum atomic E-state index is 12.3. The number of nitrogens with zero attached hydrogens (tertiary/aromatic N) is 1. The zero-order valence-electron chi connectivity index (χ0n) is 11.1. The number of sulfonamides is 1. The number of alkyl halides is 1. The lowest BCUT2D eigenvalue weighted by Gasteiger charge is -2.35. The molecule has 1 aliphatic rings. The maximum absolute atomic E-state index is 12.3. The highest BCUT2D eigenvalue weighted by atomic mass is 35.5. The molecule has 0 amide bonds.